The van der Waals surface area contributed by atoms with Crippen molar-refractivity contribution in [1.82, 2.24) is 10.6 Å². The normalized spacial score (nSPS) is 19.5. The van der Waals surface area contributed by atoms with Gasteiger partial charge in [0.05, 0.1) is 12.5 Å². The lowest BCUT2D eigenvalue weighted by molar-refractivity contribution is -0.120. The van der Waals surface area contributed by atoms with Crippen LogP contribution in [0.2, 0.25) is 0 Å². The highest BCUT2D eigenvalue weighted by molar-refractivity contribution is 5.76. The van der Waals surface area contributed by atoms with Crippen molar-refractivity contribution >= 4 is 5.91 Å². The molecule has 0 aromatic heterocycles. The number of amides is 1. The van der Waals surface area contributed by atoms with Gasteiger partial charge in [-0.1, -0.05) is 25.7 Å². The van der Waals surface area contributed by atoms with Gasteiger partial charge in [-0.3, -0.25) is 10.1 Å². The Balaban J connectivity index is 2.36. The van der Waals surface area contributed by atoms with Crippen molar-refractivity contribution in [2.75, 3.05) is 7.05 Å². The summed E-state index contributed by atoms with van der Waals surface area (Å²) >= 11 is 0. The van der Waals surface area contributed by atoms with E-state index in [1.807, 2.05) is 0 Å². The molecule has 4 nitrogen and oxygen atoms in total. The maximum atomic E-state index is 11.2. The second kappa shape index (κ2) is 7.24. The van der Waals surface area contributed by atoms with Gasteiger partial charge in [-0.05, 0) is 12.8 Å². The van der Waals surface area contributed by atoms with E-state index in [0.717, 1.165) is 12.8 Å². The van der Waals surface area contributed by atoms with Gasteiger partial charge < -0.3 is 5.32 Å². The third kappa shape index (κ3) is 4.63. The van der Waals surface area contributed by atoms with E-state index in [9.17, 15) is 4.79 Å². The van der Waals surface area contributed by atoms with Crippen LogP contribution in [-0.2, 0) is 4.79 Å². The minimum absolute atomic E-state index is 0.0762. The number of nitrogens with one attached hydrogen (secondary N) is 2. The molecule has 4 heteroatoms. The Bertz CT molecular complexity index is 251. The topological polar surface area (TPSA) is 64.9 Å². The van der Waals surface area contributed by atoms with E-state index >= 15 is 0 Å². The number of nitriles is 1. The average Bonchev–Trinajstić information content (AvgIpc) is 2.56. The van der Waals surface area contributed by atoms with Crippen molar-refractivity contribution in [1.29, 1.82) is 5.26 Å². The molecule has 0 spiro atoms. The summed E-state index contributed by atoms with van der Waals surface area (Å²) in [6, 6.07) is 2.23. The fourth-order valence-corrected chi connectivity index (χ4v) is 2.16. The molecule has 2 N–H and O–H groups in total. The highest BCUT2D eigenvalue weighted by Crippen LogP contribution is 2.17. The van der Waals surface area contributed by atoms with Crippen LogP contribution in [0.15, 0.2) is 0 Å². The molecule has 0 radical (unpaired) electrons. The lowest BCUT2D eigenvalue weighted by Crippen LogP contribution is -2.40. The lowest BCUT2D eigenvalue weighted by Gasteiger charge is -2.19. The first-order valence-corrected chi connectivity index (χ1v) is 6.12. The monoisotopic (exact) mass is 223 g/mol. The van der Waals surface area contributed by atoms with Crippen LogP contribution >= 0.6 is 0 Å². The average molecular weight is 223 g/mol. The molecule has 0 aromatic rings. The maximum Gasteiger partial charge on any atom is 0.222 e. The fourth-order valence-electron chi connectivity index (χ4n) is 2.16. The van der Waals surface area contributed by atoms with Crippen LogP contribution < -0.4 is 10.6 Å². The van der Waals surface area contributed by atoms with Crippen molar-refractivity contribution in [3.63, 3.8) is 0 Å². The van der Waals surface area contributed by atoms with E-state index in [0.29, 0.717) is 6.04 Å². The number of rotatable bonds is 4. The summed E-state index contributed by atoms with van der Waals surface area (Å²) in [6.07, 6.45) is 7.57. The van der Waals surface area contributed by atoms with Crippen LogP contribution in [-0.4, -0.2) is 25.0 Å². The first-order valence-electron chi connectivity index (χ1n) is 6.12. The van der Waals surface area contributed by atoms with Gasteiger partial charge in [-0.15, -0.1) is 0 Å². The minimum atomic E-state index is -0.344. The molecular weight excluding hydrogens is 202 g/mol. The van der Waals surface area contributed by atoms with Crippen LogP contribution in [0.5, 0.6) is 0 Å². The summed E-state index contributed by atoms with van der Waals surface area (Å²) < 4.78 is 0. The summed E-state index contributed by atoms with van der Waals surface area (Å²) in [5.41, 5.74) is 0. The predicted octanol–water partition coefficient (Wildman–Crippen LogP) is 1.33. The van der Waals surface area contributed by atoms with E-state index in [1.54, 1.807) is 7.05 Å². The van der Waals surface area contributed by atoms with Gasteiger partial charge in [0.2, 0.25) is 5.91 Å². The Kier molecular flexibility index (Phi) is 5.87. The summed E-state index contributed by atoms with van der Waals surface area (Å²) in [4.78, 5) is 11.2. The van der Waals surface area contributed by atoms with E-state index in [4.69, 9.17) is 5.26 Å². The zero-order valence-corrected chi connectivity index (χ0v) is 9.96. The van der Waals surface area contributed by atoms with Gasteiger partial charge in [-0.25, -0.2) is 0 Å². The standard InChI is InChI=1S/C12H21N3O/c1-14-12(16)8-11(9-13)15-10-6-4-2-3-5-7-10/h10-11,15H,2-8H2,1H3,(H,14,16). The number of nitrogens with zero attached hydrogens (tertiary/aromatic N) is 1. The second-order valence-corrected chi connectivity index (χ2v) is 4.41. The summed E-state index contributed by atoms with van der Waals surface area (Å²) in [7, 11) is 1.60. The Morgan fingerprint density at radius 2 is 2.00 bits per heavy atom. The predicted molar refractivity (Wildman–Crippen MR) is 62.7 cm³/mol. The van der Waals surface area contributed by atoms with Gasteiger partial charge in [-0.2, -0.15) is 5.26 Å². The molecule has 1 aliphatic carbocycles. The largest absolute Gasteiger partial charge is 0.359 e. The van der Waals surface area contributed by atoms with Crippen molar-refractivity contribution in [3.8, 4) is 6.07 Å². The number of hydrogen-bond acceptors (Lipinski definition) is 3. The Morgan fingerprint density at radius 1 is 1.38 bits per heavy atom. The van der Waals surface area contributed by atoms with E-state index in [-0.39, 0.29) is 18.4 Å². The first-order chi connectivity index (χ1) is 7.76. The minimum Gasteiger partial charge on any atom is -0.359 e. The molecule has 16 heavy (non-hydrogen) atoms. The maximum absolute atomic E-state index is 11.2. The lowest BCUT2D eigenvalue weighted by atomic mass is 10.1. The molecule has 0 aromatic carbocycles. The van der Waals surface area contributed by atoms with Crippen LogP contribution in [0.3, 0.4) is 0 Å². The van der Waals surface area contributed by atoms with Crippen molar-refractivity contribution in [3.05, 3.63) is 0 Å². The molecule has 0 heterocycles. The molecule has 90 valence electrons. The molecule has 0 bridgehead atoms. The van der Waals surface area contributed by atoms with E-state index in [2.05, 4.69) is 16.7 Å². The van der Waals surface area contributed by atoms with E-state index in [1.165, 1.54) is 25.7 Å². The number of carbonyl (C=O) groups excluding carboxylic acids is 1. The van der Waals surface area contributed by atoms with Gasteiger partial charge in [0.25, 0.3) is 0 Å². The van der Waals surface area contributed by atoms with Crippen molar-refractivity contribution in [2.24, 2.45) is 0 Å². The molecule has 0 saturated heterocycles. The first kappa shape index (κ1) is 13.0. The molecule has 1 saturated carbocycles. The molecule has 0 aliphatic heterocycles. The molecule has 1 amide bonds. The summed E-state index contributed by atoms with van der Waals surface area (Å²) in [6.45, 7) is 0. The highest BCUT2D eigenvalue weighted by Gasteiger charge is 2.18. The molecule has 1 unspecified atom stereocenters. The van der Waals surface area contributed by atoms with Crippen LogP contribution in [0.25, 0.3) is 0 Å². The molecular formula is C12H21N3O. The third-order valence-electron chi connectivity index (χ3n) is 3.12. The van der Waals surface area contributed by atoms with Crippen molar-refractivity contribution in [2.45, 2.75) is 57.0 Å². The van der Waals surface area contributed by atoms with Gasteiger partial charge in [0.1, 0.15) is 6.04 Å². The highest BCUT2D eigenvalue weighted by atomic mass is 16.1. The van der Waals surface area contributed by atoms with Gasteiger partial charge >= 0.3 is 0 Å². The fraction of sp³-hybridized carbons (Fsp3) is 0.833. The smallest absolute Gasteiger partial charge is 0.222 e. The molecule has 1 fully saturated rings. The molecule has 1 rings (SSSR count). The zero-order valence-electron chi connectivity index (χ0n) is 9.96. The molecule has 1 aliphatic rings. The SMILES string of the molecule is CNC(=O)CC(C#N)NC1CCCCCC1. The summed E-state index contributed by atoms with van der Waals surface area (Å²) in [5, 5.41) is 14.8. The number of hydrogen-bond donors (Lipinski definition) is 2. The summed E-state index contributed by atoms with van der Waals surface area (Å²) in [5.74, 6) is -0.0762. The van der Waals surface area contributed by atoms with Crippen LogP contribution in [0.1, 0.15) is 44.9 Å². The molecule has 1 atom stereocenters. The number of carbonyl (C=O) groups is 1. The van der Waals surface area contributed by atoms with Gasteiger partial charge in [0, 0.05) is 13.1 Å². The van der Waals surface area contributed by atoms with Crippen molar-refractivity contribution < 1.29 is 4.79 Å². The Labute approximate surface area is 97.4 Å². The third-order valence-corrected chi connectivity index (χ3v) is 3.12. The Hall–Kier alpha value is -1.08. The second-order valence-electron chi connectivity index (χ2n) is 4.41. The quantitative estimate of drug-likeness (QED) is 0.707. The van der Waals surface area contributed by atoms with Gasteiger partial charge in [0.15, 0.2) is 0 Å². The Morgan fingerprint density at radius 3 is 2.50 bits per heavy atom. The van der Waals surface area contributed by atoms with E-state index < -0.39 is 0 Å². The van der Waals surface area contributed by atoms with Crippen LogP contribution in [0.4, 0.5) is 0 Å². The van der Waals surface area contributed by atoms with Crippen LogP contribution in [0, 0.1) is 11.3 Å². The zero-order chi connectivity index (χ0) is 11.8.